The molecular weight excluding hydrogens is 262 g/mol. The van der Waals surface area contributed by atoms with E-state index < -0.39 is 0 Å². The van der Waals surface area contributed by atoms with E-state index >= 15 is 0 Å². The smallest absolute Gasteiger partial charge is 0.338 e. The molecule has 3 heteroatoms. The zero-order chi connectivity index (χ0) is 15.5. The van der Waals surface area contributed by atoms with Crippen LogP contribution < -0.4 is 5.32 Å². The van der Waals surface area contributed by atoms with Gasteiger partial charge in [0.2, 0.25) is 0 Å². The van der Waals surface area contributed by atoms with Gasteiger partial charge in [-0.3, -0.25) is 0 Å². The van der Waals surface area contributed by atoms with E-state index in [2.05, 4.69) is 19.2 Å². The highest BCUT2D eigenvalue weighted by Crippen LogP contribution is 2.29. The van der Waals surface area contributed by atoms with E-state index in [0.29, 0.717) is 17.4 Å². The summed E-state index contributed by atoms with van der Waals surface area (Å²) in [5.74, 6) is 0.733. The first-order chi connectivity index (χ1) is 9.90. The summed E-state index contributed by atoms with van der Waals surface area (Å²) in [6.45, 7) is 10.7. The van der Waals surface area contributed by atoms with E-state index in [4.69, 9.17) is 4.74 Å². The summed E-state index contributed by atoms with van der Waals surface area (Å²) < 4.78 is 5.81. The Labute approximate surface area is 128 Å². The van der Waals surface area contributed by atoms with Gasteiger partial charge in [0.05, 0.1) is 18.7 Å². The van der Waals surface area contributed by atoms with Gasteiger partial charge in [-0.2, -0.15) is 0 Å². The fourth-order valence-corrected chi connectivity index (χ4v) is 3.01. The third-order valence-corrected chi connectivity index (χ3v) is 4.59. The molecule has 0 radical (unpaired) electrons. The van der Waals surface area contributed by atoms with E-state index in [9.17, 15) is 4.79 Å². The van der Waals surface area contributed by atoms with Crippen LogP contribution in [0.1, 0.15) is 62.4 Å². The van der Waals surface area contributed by atoms with E-state index in [0.717, 1.165) is 25.9 Å². The van der Waals surface area contributed by atoms with Crippen LogP contribution in [0.3, 0.4) is 0 Å². The Hall–Kier alpha value is -1.35. The van der Waals surface area contributed by atoms with Crippen LogP contribution in [-0.2, 0) is 4.74 Å². The van der Waals surface area contributed by atoms with Gasteiger partial charge < -0.3 is 10.1 Å². The van der Waals surface area contributed by atoms with E-state index in [1.807, 2.05) is 38.1 Å². The average Bonchev–Trinajstić information content (AvgIpc) is 2.48. The molecule has 0 unspecified atom stereocenters. The van der Waals surface area contributed by atoms with Crippen molar-refractivity contribution in [3.63, 3.8) is 0 Å². The summed E-state index contributed by atoms with van der Waals surface area (Å²) in [6, 6.07) is 7.79. The van der Waals surface area contributed by atoms with Crippen LogP contribution in [0.5, 0.6) is 0 Å². The Morgan fingerprint density at radius 1 is 1.19 bits per heavy atom. The van der Waals surface area contributed by atoms with Crippen molar-refractivity contribution in [1.82, 2.24) is 0 Å². The first kappa shape index (κ1) is 16.0. The number of hydrogen-bond donors (Lipinski definition) is 1. The highest BCUT2D eigenvalue weighted by Gasteiger charge is 2.35. The monoisotopic (exact) mass is 290 g/mol. The van der Waals surface area contributed by atoms with Crippen molar-refractivity contribution >= 4 is 5.97 Å². The molecule has 1 aromatic carbocycles. The molecule has 1 fully saturated rings. The maximum Gasteiger partial charge on any atom is 0.338 e. The number of carbonyl (C=O) groups is 1. The van der Waals surface area contributed by atoms with Gasteiger partial charge in [-0.1, -0.05) is 26.0 Å². The Kier molecular flexibility index (Phi) is 5.04. The van der Waals surface area contributed by atoms with Gasteiger partial charge in [0.1, 0.15) is 5.60 Å². The number of esters is 1. The van der Waals surface area contributed by atoms with Crippen molar-refractivity contribution in [3.05, 3.63) is 35.4 Å². The second kappa shape index (κ2) is 6.61. The van der Waals surface area contributed by atoms with E-state index in [-0.39, 0.29) is 11.6 Å². The molecule has 1 aromatic rings. The molecule has 0 aromatic heterocycles. The fourth-order valence-electron chi connectivity index (χ4n) is 3.01. The Morgan fingerprint density at radius 2 is 1.76 bits per heavy atom. The fraction of sp³-hybridized carbons (Fsp3) is 0.611. The first-order valence-electron chi connectivity index (χ1n) is 8.05. The summed E-state index contributed by atoms with van der Waals surface area (Å²) in [7, 11) is 0. The normalized spacial score (nSPS) is 17.0. The van der Waals surface area contributed by atoms with Crippen molar-refractivity contribution in [3.8, 4) is 0 Å². The molecule has 1 heterocycles. The summed E-state index contributed by atoms with van der Waals surface area (Å²) in [5.41, 5.74) is 1.51. The molecule has 1 aliphatic rings. The lowest BCUT2D eigenvalue weighted by Crippen LogP contribution is -2.86. The molecule has 0 saturated carbocycles. The minimum Gasteiger partial charge on any atom is -0.456 e. The van der Waals surface area contributed by atoms with Gasteiger partial charge in [-0.15, -0.1) is 0 Å². The third kappa shape index (κ3) is 4.07. The summed E-state index contributed by atoms with van der Waals surface area (Å²) >= 11 is 0. The highest BCUT2D eigenvalue weighted by atomic mass is 16.6. The quantitative estimate of drug-likeness (QED) is 0.866. The summed E-state index contributed by atoms with van der Waals surface area (Å²) in [5, 5.41) is 2.33. The van der Waals surface area contributed by atoms with Crippen LogP contribution in [0.25, 0.3) is 0 Å². The topological polar surface area (TPSA) is 42.9 Å². The number of carbonyl (C=O) groups excluding carboxylic acids is 1. The molecule has 116 valence electrons. The molecule has 0 spiro atoms. The third-order valence-electron chi connectivity index (χ3n) is 4.59. The molecule has 2 N–H and O–H groups in total. The number of benzene rings is 1. The lowest BCUT2D eigenvalue weighted by Gasteiger charge is -2.35. The number of ether oxygens (including phenoxy) is 1. The molecule has 3 nitrogen and oxygen atoms in total. The lowest BCUT2D eigenvalue weighted by molar-refractivity contribution is -0.665. The van der Waals surface area contributed by atoms with Gasteiger partial charge in [-0.25, -0.2) is 4.79 Å². The van der Waals surface area contributed by atoms with Crippen LogP contribution in [0, 0.1) is 5.92 Å². The lowest BCUT2D eigenvalue weighted by atomic mass is 9.83. The predicted molar refractivity (Wildman–Crippen MR) is 84.4 cm³/mol. The SMILES string of the molecule is CC(C)c1ccc(C(=O)OC(C)(C)C2CC[NH2+]CC2)cc1. The molecule has 1 aliphatic heterocycles. The Morgan fingerprint density at radius 3 is 2.29 bits per heavy atom. The van der Waals surface area contributed by atoms with Crippen LogP contribution >= 0.6 is 0 Å². The van der Waals surface area contributed by atoms with Gasteiger partial charge in [0.25, 0.3) is 0 Å². The Balaban J connectivity index is 2.02. The maximum absolute atomic E-state index is 12.4. The number of quaternary nitrogens is 1. The Bertz CT molecular complexity index is 470. The van der Waals surface area contributed by atoms with Crippen LogP contribution in [0.15, 0.2) is 24.3 Å². The molecule has 0 amide bonds. The molecular formula is C18H28NO2+. The zero-order valence-electron chi connectivity index (χ0n) is 13.7. The first-order valence-corrected chi connectivity index (χ1v) is 8.05. The predicted octanol–water partition coefficient (Wildman–Crippen LogP) is 2.72. The molecule has 2 rings (SSSR count). The molecule has 0 bridgehead atoms. The largest absolute Gasteiger partial charge is 0.456 e. The number of piperidine rings is 1. The summed E-state index contributed by atoms with van der Waals surface area (Å²) in [6.07, 6.45) is 2.24. The molecule has 0 atom stereocenters. The number of nitrogens with two attached hydrogens (primary N) is 1. The molecule has 1 saturated heterocycles. The highest BCUT2D eigenvalue weighted by molar-refractivity contribution is 5.89. The number of hydrogen-bond acceptors (Lipinski definition) is 2. The summed E-state index contributed by atoms with van der Waals surface area (Å²) in [4.78, 5) is 12.4. The van der Waals surface area contributed by atoms with Gasteiger partial charge >= 0.3 is 5.97 Å². The maximum atomic E-state index is 12.4. The van der Waals surface area contributed by atoms with Crippen molar-refractivity contribution in [2.45, 2.75) is 52.1 Å². The number of rotatable bonds is 4. The van der Waals surface area contributed by atoms with Crippen molar-refractivity contribution in [1.29, 1.82) is 0 Å². The van der Waals surface area contributed by atoms with E-state index in [1.54, 1.807) is 0 Å². The van der Waals surface area contributed by atoms with Gasteiger partial charge in [0, 0.05) is 18.8 Å². The second-order valence-electron chi connectivity index (χ2n) is 6.91. The van der Waals surface area contributed by atoms with Crippen molar-refractivity contribution < 1.29 is 14.8 Å². The van der Waals surface area contributed by atoms with Crippen LogP contribution in [0.2, 0.25) is 0 Å². The van der Waals surface area contributed by atoms with Crippen LogP contribution in [0.4, 0.5) is 0 Å². The molecule has 0 aliphatic carbocycles. The van der Waals surface area contributed by atoms with Gasteiger partial charge in [-0.05, 0) is 37.5 Å². The zero-order valence-corrected chi connectivity index (χ0v) is 13.7. The standard InChI is InChI=1S/C18H27NO2/c1-13(2)14-5-7-15(8-6-14)17(20)21-18(3,4)16-9-11-19-12-10-16/h5-8,13,16,19H,9-12H2,1-4H3/p+1. The van der Waals surface area contributed by atoms with E-state index in [1.165, 1.54) is 5.56 Å². The average molecular weight is 290 g/mol. The second-order valence-corrected chi connectivity index (χ2v) is 6.91. The van der Waals surface area contributed by atoms with Crippen LogP contribution in [-0.4, -0.2) is 24.7 Å². The van der Waals surface area contributed by atoms with Gasteiger partial charge in [0.15, 0.2) is 0 Å². The van der Waals surface area contributed by atoms with Crippen molar-refractivity contribution in [2.75, 3.05) is 13.1 Å². The molecule has 21 heavy (non-hydrogen) atoms. The van der Waals surface area contributed by atoms with Crippen molar-refractivity contribution in [2.24, 2.45) is 5.92 Å². The minimum atomic E-state index is -0.387. The minimum absolute atomic E-state index is 0.204.